The lowest BCUT2D eigenvalue weighted by atomic mass is 10.2. The van der Waals surface area contributed by atoms with Gasteiger partial charge < -0.3 is 5.32 Å². The van der Waals surface area contributed by atoms with Crippen molar-refractivity contribution in [3.8, 4) is 5.69 Å². The predicted molar refractivity (Wildman–Crippen MR) is 103 cm³/mol. The largest absolute Gasteiger partial charge is 0.325 e. The number of carbonyl (C=O) groups is 1. The first-order chi connectivity index (χ1) is 12.4. The van der Waals surface area contributed by atoms with Crippen LogP contribution in [0.15, 0.2) is 59.7 Å². The van der Waals surface area contributed by atoms with Crippen LogP contribution < -0.4 is 16.2 Å². The highest BCUT2D eigenvalue weighted by Crippen LogP contribution is 2.18. The maximum Gasteiger partial charge on any atom is 0.325 e. The summed E-state index contributed by atoms with van der Waals surface area (Å²) in [6, 6.07) is 12.1. The van der Waals surface area contributed by atoms with Crippen LogP contribution in [0.5, 0.6) is 0 Å². The zero-order chi connectivity index (χ0) is 18.7. The Kier molecular flexibility index (Phi) is 5.04. The Hall–Kier alpha value is -3.12. The standard InChI is InChI=1S/C19H17ClN4O2/c1-12-4-3-5-14(10-12)22-19(26)23-17-18(25)24(9-8-21-17)15-7-6-13(2)16(20)11-15/h3-11H,1-2H3,(H2,21,22,23,26). The molecule has 1 heterocycles. The minimum atomic E-state index is -0.542. The molecule has 2 N–H and O–H groups in total. The number of carbonyl (C=O) groups excluding carboxylic acids is 1. The highest BCUT2D eigenvalue weighted by Gasteiger charge is 2.11. The van der Waals surface area contributed by atoms with Gasteiger partial charge in [-0.2, -0.15) is 0 Å². The molecule has 0 aliphatic rings. The molecule has 0 fully saturated rings. The van der Waals surface area contributed by atoms with E-state index in [-0.39, 0.29) is 5.82 Å². The molecule has 0 atom stereocenters. The van der Waals surface area contributed by atoms with Crippen LogP contribution in [0.3, 0.4) is 0 Å². The van der Waals surface area contributed by atoms with E-state index in [4.69, 9.17) is 11.6 Å². The van der Waals surface area contributed by atoms with Crippen molar-refractivity contribution in [1.82, 2.24) is 9.55 Å². The van der Waals surface area contributed by atoms with Crippen LogP contribution in [0.2, 0.25) is 5.02 Å². The van der Waals surface area contributed by atoms with Gasteiger partial charge in [0, 0.05) is 23.1 Å². The van der Waals surface area contributed by atoms with Gasteiger partial charge in [-0.15, -0.1) is 0 Å². The number of halogens is 1. The first-order valence-electron chi connectivity index (χ1n) is 7.93. The van der Waals surface area contributed by atoms with Crippen LogP contribution in [0.25, 0.3) is 5.69 Å². The highest BCUT2D eigenvalue weighted by molar-refractivity contribution is 6.31. The van der Waals surface area contributed by atoms with Crippen LogP contribution in [-0.2, 0) is 0 Å². The Labute approximate surface area is 155 Å². The predicted octanol–water partition coefficient (Wildman–Crippen LogP) is 4.15. The van der Waals surface area contributed by atoms with Crippen molar-refractivity contribution in [3.63, 3.8) is 0 Å². The van der Waals surface area contributed by atoms with Gasteiger partial charge in [0.2, 0.25) is 5.82 Å². The summed E-state index contributed by atoms with van der Waals surface area (Å²) < 4.78 is 1.38. The summed E-state index contributed by atoms with van der Waals surface area (Å²) >= 11 is 6.13. The minimum absolute atomic E-state index is 0.0747. The van der Waals surface area contributed by atoms with Gasteiger partial charge in [0.15, 0.2) is 0 Å². The summed E-state index contributed by atoms with van der Waals surface area (Å²) in [5.41, 5.74) is 2.69. The van der Waals surface area contributed by atoms with E-state index >= 15 is 0 Å². The molecule has 7 heteroatoms. The average Bonchev–Trinajstić information content (AvgIpc) is 2.59. The van der Waals surface area contributed by atoms with Gasteiger partial charge in [-0.05, 0) is 49.2 Å². The molecule has 0 spiro atoms. The molecule has 3 aromatic rings. The van der Waals surface area contributed by atoms with Crippen LogP contribution >= 0.6 is 11.6 Å². The molecule has 2 aromatic carbocycles. The number of nitrogens with one attached hydrogen (secondary N) is 2. The van der Waals surface area contributed by atoms with Gasteiger partial charge in [0.25, 0.3) is 5.56 Å². The van der Waals surface area contributed by atoms with E-state index in [2.05, 4.69) is 15.6 Å². The molecule has 0 bridgehead atoms. The Morgan fingerprint density at radius 2 is 1.92 bits per heavy atom. The van der Waals surface area contributed by atoms with E-state index in [0.29, 0.717) is 16.4 Å². The molecule has 0 radical (unpaired) electrons. The second kappa shape index (κ2) is 7.41. The zero-order valence-electron chi connectivity index (χ0n) is 14.3. The number of urea groups is 1. The van der Waals surface area contributed by atoms with Crippen molar-refractivity contribution < 1.29 is 4.79 Å². The first kappa shape index (κ1) is 17.7. The molecular weight excluding hydrogens is 352 g/mol. The van der Waals surface area contributed by atoms with E-state index in [1.807, 2.05) is 38.1 Å². The second-order valence-corrected chi connectivity index (χ2v) is 6.24. The van der Waals surface area contributed by atoms with Crippen molar-refractivity contribution in [3.05, 3.63) is 81.4 Å². The Balaban J connectivity index is 1.84. The monoisotopic (exact) mass is 368 g/mol. The van der Waals surface area contributed by atoms with Crippen molar-refractivity contribution in [1.29, 1.82) is 0 Å². The SMILES string of the molecule is Cc1cccc(NC(=O)Nc2nccn(-c3ccc(C)c(Cl)c3)c2=O)c1. The zero-order valence-corrected chi connectivity index (χ0v) is 15.0. The first-order valence-corrected chi connectivity index (χ1v) is 8.31. The fraction of sp³-hybridized carbons (Fsp3) is 0.105. The van der Waals surface area contributed by atoms with Crippen molar-refractivity contribution in [2.45, 2.75) is 13.8 Å². The Morgan fingerprint density at radius 1 is 1.12 bits per heavy atom. The van der Waals surface area contributed by atoms with Gasteiger partial charge in [-0.1, -0.05) is 29.8 Å². The molecule has 0 saturated carbocycles. The van der Waals surface area contributed by atoms with E-state index in [1.54, 1.807) is 18.2 Å². The third-order valence-electron chi connectivity index (χ3n) is 3.78. The minimum Gasteiger partial charge on any atom is -0.308 e. The summed E-state index contributed by atoms with van der Waals surface area (Å²) in [7, 11) is 0. The third-order valence-corrected chi connectivity index (χ3v) is 4.19. The number of benzene rings is 2. The fourth-order valence-electron chi connectivity index (χ4n) is 2.42. The molecule has 26 heavy (non-hydrogen) atoms. The van der Waals surface area contributed by atoms with E-state index in [0.717, 1.165) is 11.1 Å². The summed E-state index contributed by atoms with van der Waals surface area (Å²) in [5, 5.41) is 5.72. The molecule has 1 aromatic heterocycles. The quantitative estimate of drug-likeness (QED) is 0.729. The Morgan fingerprint density at radius 3 is 2.65 bits per heavy atom. The number of aryl methyl sites for hydroxylation is 2. The van der Waals surface area contributed by atoms with E-state index in [9.17, 15) is 9.59 Å². The van der Waals surface area contributed by atoms with Crippen LogP contribution in [0.1, 0.15) is 11.1 Å². The van der Waals surface area contributed by atoms with Crippen molar-refractivity contribution >= 4 is 29.1 Å². The fourth-order valence-corrected chi connectivity index (χ4v) is 2.60. The molecule has 6 nitrogen and oxygen atoms in total. The second-order valence-electron chi connectivity index (χ2n) is 5.83. The molecular formula is C19H17ClN4O2. The molecule has 3 rings (SSSR count). The van der Waals surface area contributed by atoms with Gasteiger partial charge in [-0.3, -0.25) is 14.7 Å². The van der Waals surface area contributed by atoms with Crippen LogP contribution in [0.4, 0.5) is 16.3 Å². The molecule has 2 amide bonds. The van der Waals surface area contributed by atoms with Crippen LogP contribution in [-0.4, -0.2) is 15.6 Å². The van der Waals surface area contributed by atoms with Crippen LogP contribution in [0, 0.1) is 13.8 Å². The van der Waals surface area contributed by atoms with E-state index in [1.165, 1.54) is 17.0 Å². The van der Waals surface area contributed by atoms with Gasteiger partial charge in [0.1, 0.15) is 0 Å². The normalized spacial score (nSPS) is 10.4. The topological polar surface area (TPSA) is 76.0 Å². The molecule has 132 valence electrons. The average molecular weight is 369 g/mol. The lowest BCUT2D eigenvalue weighted by Gasteiger charge is -2.10. The van der Waals surface area contributed by atoms with Gasteiger partial charge >= 0.3 is 6.03 Å². The molecule has 0 aliphatic heterocycles. The van der Waals surface area contributed by atoms with Gasteiger partial charge in [-0.25, -0.2) is 9.78 Å². The number of aromatic nitrogens is 2. The number of amides is 2. The molecule has 0 saturated heterocycles. The molecule has 0 unspecified atom stereocenters. The lowest BCUT2D eigenvalue weighted by Crippen LogP contribution is -2.28. The summed E-state index contributed by atoms with van der Waals surface area (Å²) in [6.45, 7) is 3.80. The maximum atomic E-state index is 12.6. The summed E-state index contributed by atoms with van der Waals surface area (Å²) in [4.78, 5) is 28.7. The van der Waals surface area contributed by atoms with Crippen molar-refractivity contribution in [2.75, 3.05) is 10.6 Å². The maximum absolute atomic E-state index is 12.6. The third kappa shape index (κ3) is 3.92. The number of hydrogen-bond donors (Lipinski definition) is 2. The number of hydrogen-bond acceptors (Lipinski definition) is 3. The molecule has 0 aliphatic carbocycles. The smallest absolute Gasteiger partial charge is 0.308 e. The van der Waals surface area contributed by atoms with Gasteiger partial charge in [0.05, 0.1) is 5.69 Å². The highest BCUT2D eigenvalue weighted by atomic mass is 35.5. The number of nitrogens with zero attached hydrogens (tertiary/aromatic N) is 2. The summed E-state index contributed by atoms with van der Waals surface area (Å²) in [5.74, 6) is -0.0747. The van der Waals surface area contributed by atoms with Crippen molar-refractivity contribution in [2.24, 2.45) is 0 Å². The number of anilines is 2. The summed E-state index contributed by atoms with van der Waals surface area (Å²) in [6.07, 6.45) is 2.96. The number of rotatable bonds is 3. The Bertz CT molecular complexity index is 1030. The lowest BCUT2D eigenvalue weighted by molar-refractivity contribution is 0.262. The van der Waals surface area contributed by atoms with E-state index < -0.39 is 11.6 Å².